The third kappa shape index (κ3) is 4.70. The number of anilines is 1. The average Bonchev–Trinajstić information content (AvgIpc) is 2.97. The summed E-state index contributed by atoms with van der Waals surface area (Å²) in [7, 11) is 2.21. The summed E-state index contributed by atoms with van der Waals surface area (Å²) in [5, 5.41) is 3.58. The molecule has 0 aliphatic heterocycles. The van der Waals surface area contributed by atoms with Crippen molar-refractivity contribution in [3.05, 3.63) is 23.4 Å². The summed E-state index contributed by atoms with van der Waals surface area (Å²) in [4.78, 5) is 7.23. The summed E-state index contributed by atoms with van der Waals surface area (Å²) in [6.45, 7) is 9.72. The van der Waals surface area contributed by atoms with Gasteiger partial charge in [-0.2, -0.15) is 0 Å². The predicted molar refractivity (Wildman–Crippen MR) is 90.9 cm³/mol. The fourth-order valence-corrected chi connectivity index (χ4v) is 2.94. The molecule has 1 aromatic heterocycles. The van der Waals surface area contributed by atoms with Crippen LogP contribution in [0, 0.1) is 0 Å². The van der Waals surface area contributed by atoms with Gasteiger partial charge in [0.2, 0.25) is 0 Å². The Morgan fingerprint density at radius 1 is 1.24 bits per heavy atom. The molecule has 0 atom stereocenters. The Morgan fingerprint density at radius 3 is 2.48 bits per heavy atom. The lowest BCUT2D eigenvalue weighted by atomic mass is 10.1. The van der Waals surface area contributed by atoms with Crippen LogP contribution in [-0.2, 0) is 13.0 Å². The van der Waals surface area contributed by atoms with E-state index in [9.17, 15) is 0 Å². The summed E-state index contributed by atoms with van der Waals surface area (Å²) >= 11 is 0. The van der Waals surface area contributed by atoms with E-state index in [0.29, 0.717) is 6.04 Å². The van der Waals surface area contributed by atoms with E-state index in [1.807, 2.05) is 0 Å². The van der Waals surface area contributed by atoms with E-state index in [-0.39, 0.29) is 5.54 Å². The van der Waals surface area contributed by atoms with Gasteiger partial charge in [-0.25, -0.2) is 4.98 Å². The number of aryl methyl sites for hydroxylation is 1. The van der Waals surface area contributed by atoms with E-state index >= 15 is 0 Å². The van der Waals surface area contributed by atoms with Gasteiger partial charge in [0, 0.05) is 30.9 Å². The van der Waals surface area contributed by atoms with Crippen molar-refractivity contribution in [1.82, 2.24) is 10.3 Å². The van der Waals surface area contributed by atoms with Gasteiger partial charge >= 0.3 is 0 Å². The van der Waals surface area contributed by atoms with E-state index in [0.717, 1.165) is 18.8 Å². The zero-order chi connectivity index (χ0) is 15.5. The molecule has 0 unspecified atom stereocenters. The molecule has 1 heterocycles. The number of nitrogens with one attached hydrogen (secondary N) is 1. The fraction of sp³-hybridized carbons (Fsp3) is 0.722. The van der Waals surface area contributed by atoms with E-state index in [2.05, 4.69) is 57.1 Å². The predicted octanol–water partition coefficient (Wildman–Crippen LogP) is 3.91. The normalized spacial score (nSPS) is 16.4. The van der Waals surface area contributed by atoms with Gasteiger partial charge in [0.15, 0.2) is 0 Å². The third-order valence-corrected chi connectivity index (χ3v) is 4.34. The van der Waals surface area contributed by atoms with Crippen LogP contribution in [0.3, 0.4) is 0 Å². The number of rotatable bonds is 5. The van der Waals surface area contributed by atoms with Crippen LogP contribution < -0.4 is 10.2 Å². The summed E-state index contributed by atoms with van der Waals surface area (Å²) in [6, 6.07) is 5.18. The van der Waals surface area contributed by atoms with Gasteiger partial charge in [0.05, 0.1) is 0 Å². The van der Waals surface area contributed by atoms with Crippen LogP contribution in [0.2, 0.25) is 0 Å². The molecule has 0 aromatic carbocycles. The first-order chi connectivity index (χ1) is 9.89. The second kappa shape index (κ2) is 6.78. The van der Waals surface area contributed by atoms with Crippen molar-refractivity contribution >= 4 is 5.82 Å². The van der Waals surface area contributed by atoms with Crippen molar-refractivity contribution in [1.29, 1.82) is 0 Å². The second-order valence-corrected chi connectivity index (χ2v) is 7.33. The van der Waals surface area contributed by atoms with E-state index in [4.69, 9.17) is 4.98 Å². The molecule has 1 aliphatic rings. The standard InChI is InChI=1S/C18H31N3/c1-6-15-11-14(13-19-18(2,3)4)12-17(20-15)21(5)16-9-7-8-10-16/h11-12,16,19H,6-10,13H2,1-5H3. The Bertz CT molecular complexity index is 456. The zero-order valence-electron chi connectivity index (χ0n) is 14.4. The second-order valence-electron chi connectivity index (χ2n) is 7.33. The molecule has 1 aromatic rings. The van der Waals surface area contributed by atoms with Crippen LogP contribution >= 0.6 is 0 Å². The molecular formula is C18H31N3. The van der Waals surface area contributed by atoms with Crippen molar-refractivity contribution in [2.24, 2.45) is 0 Å². The van der Waals surface area contributed by atoms with Gasteiger partial charge in [-0.3, -0.25) is 0 Å². The fourth-order valence-electron chi connectivity index (χ4n) is 2.94. The molecule has 0 amide bonds. The topological polar surface area (TPSA) is 28.2 Å². The maximum atomic E-state index is 4.84. The highest BCUT2D eigenvalue weighted by Gasteiger charge is 2.21. The summed E-state index contributed by atoms with van der Waals surface area (Å²) in [6.07, 6.45) is 6.34. The monoisotopic (exact) mass is 289 g/mol. The number of pyridine rings is 1. The van der Waals surface area contributed by atoms with Crippen molar-refractivity contribution in [2.75, 3.05) is 11.9 Å². The quantitative estimate of drug-likeness (QED) is 0.890. The lowest BCUT2D eigenvalue weighted by molar-refractivity contribution is 0.424. The van der Waals surface area contributed by atoms with Crippen LogP contribution in [0.5, 0.6) is 0 Å². The average molecular weight is 289 g/mol. The van der Waals surface area contributed by atoms with Crippen LogP contribution in [0.4, 0.5) is 5.82 Å². The van der Waals surface area contributed by atoms with Crippen molar-refractivity contribution in [3.8, 4) is 0 Å². The lowest BCUT2D eigenvalue weighted by Gasteiger charge is -2.27. The highest BCUT2D eigenvalue weighted by atomic mass is 15.2. The largest absolute Gasteiger partial charge is 0.357 e. The van der Waals surface area contributed by atoms with Gasteiger partial charge < -0.3 is 10.2 Å². The van der Waals surface area contributed by atoms with Crippen molar-refractivity contribution in [3.63, 3.8) is 0 Å². The molecule has 1 saturated carbocycles. The van der Waals surface area contributed by atoms with Crippen LogP contribution in [0.1, 0.15) is 64.6 Å². The van der Waals surface area contributed by atoms with Crippen LogP contribution in [-0.4, -0.2) is 23.6 Å². The van der Waals surface area contributed by atoms with Crippen LogP contribution in [0.15, 0.2) is 12.1 Å². The molecule has 21 heavy (non-hydrogen) atoms. The number of nitrogens with zero attached hydrogens (tertiary/aromatic N) is 2. The molecule has 0 spiro atoms. The Hall–Kier alpha value is -1.09. The molecule has 1 N–H and O–H groups in total. The zero-order valence-corrected chi connectivity index (χ0v) is 14.4. The van der Waals surface area contributed by atoms with Gasteiger partial charge in [-0.15, -0.1) is 0 Å². The Balaban J connectivity index is 2.16. The van der Waals surface area contributed by atoms with E-state index in [1.54, 1.807) is 0 Å². The number of aromatic nitrogens is 1. The van der Waals surface area contributed by atoms with Crippen molar-refractivity contribution < 1.29 is 0 Å². The molecule has 3 nitrogen and oxygen atoms in total. The van der Waals surface area contributed by atoms with Crippen molar-refractivity contribution in [2.45, 2.75) is 77.9 Å². The van der Waals surface area contributed by atoms with Gasteiger partial charge in [-0.05, 0) is 57.7 Å². The smallest absolute Gasteiger partial charge is 0.129 e. The van der Waals surface area contributed by atoms with Gasteiger partial charge in [-0.1, -0.05) is 19.8 Å². The Morgan fingerprint density at radius 2 is 1.90 bits per heavy atom. The van der Waals surface area contributed by atoms with Gasteiger partial charge in [0.1, 0.15) is 5.82 Å². The number of hydrogen-bond acceptors (Lipinski definition) is 3. The third-order valence-electron chi connectivity index (χ3n) is 4.34. The molecule has 0 bridgehead atoms. The van der Waals surface area contributed by atoms with E-state index in [1.165, 1.54) is 36.9 Å². The first kappa shape index (κ1) is 16.3. The minimum atomic E-state index is 0.146. The maximum Gasteiger partial charge on any atom is 0.129 e. The summed E-state index contributed by atoms with van der Waals surface area (Å²) in [5.41, 5.74) is 2.69. The minimum absolute atomic E-state index is 0.146. The lowest BCUT2D eigenvalue weighted by Crippen LogP contribution is -2.35. The first-order valence-electron chi connectivity index (χ1n) is 8.37. The van der Waals surface area contributed by atoms with Gasteiger partial charge in [0.25, 0.3) is 0 Å². The maximum absolute atomic E-state index is 4.84. The molecule has 3 heteroatoms. The Labute approximate surface area is 130 Å². The molecule has 118 valence electrons. The molecule has 2 rings (SSSR count). The first-order valence-corrected chi connectivity index (χ1v) is 8.37. The highest BCUT2D eigenvalue weighted by Crippen LogP contribution is 2.26. The Kier molecular flexibility index (Phi) is 5.26. The summed E-state index contributed by atoms with van der Waals surface area (Å²) in [5.74, 6) is 1.15. The molecular weight excluding hydrogens is 258 g/mol. The number of hydrogen-bond donors (Lipinski definition) is 1. The highest BCUT2D eigenvalue weighted by molar-refractivity contribution is 5.43. The SMILES string of the molecule is CCc1cc(CNC(C)(C)C)cc(N(C)C2CCCC2)n1. The molecule has 0 saturated heterocycles. The minimum Gasteiger partial charge on any atom is -0.357 e. The molecule has 1 aliphatic carbocycles. The van der Waals surface area contributed by atoms with Crippen LogP contribution in [0.25, 0.3) is 0 Å². The van der Waals surface area contributed by atoms with E-state index < -0.39 is 0 Å². The molecule has 0 radical (unpaired) electrons. The molecule has 1 fully saturated rings. The summed E-state index contributed by atoms with van der Waals surface area (Å²) < 4.78 is 0.